The highest BCUT2D eigenvalue weighted by atomic mass is 16.2. The van der Waals surface area contributed by atoms with Gasteiger partial charge >= 0.3 is 0 Å². The number of nitrogens with one attached hydrogen (secondary N) is 1. The highest BCUT2D eigenvalue weighted by Gasteiger charge is 2.57. The molecule has 2 aliphatic heterocycles. The number of benzene rings is 2. The second-order valence-electron chi connectivity index (χ2n) is 8.51. The van der Waals surface area contributed by atoms with Crippen molar-refractivity contribution in [1.29, 1.82) is 0 Å². The number of nitrogens with zero attached hydrogens (tertiary/aromatic N) is 1. The van der Waals surface area contributed by atoms with Gasteiger partial charge in [-0.2, -0.15) is 0 Å². The van der Waals surface area contributed by atoms with E-state index in [1.54, 1.807) is 0 Å². The molecule has 2 aromatic rings. The summed E-state index contributed by atoms with van der Waals surface area (Å²) in [6.07, 6.45) is 4.87. The quantitative estimate of drug-likeness (QED) is 0.850. The third kappa shape index (κ3) is 2.68. The van der Waals surface area contributed by atoms with E-state index in [9.17, 15) is 4.79 Å². The summed E-state index contributed by atoms with van der Waals surface area (Å²) in [5, 5.41) is 3.33. The summed E-state index contributed by atoms with van der Waals surface area (Å²) >= 11 is 0. The Hall–Kier alpha value is -2.55. The minimum Gasteiger partial charge on any atom is -0.344 e. The third-order valence-corrected chi connectivity index (χ3v) is 6.26. The first-order chi connectivity index (χ1) is 12.8. The maximum absolute atomic E-state index is 12.4. The minimum absolute atomic E-state index is 0.118. The van der Waals surface area contributed by atoms with Gasteiger partial charge in [-0.1, -0.05) is 76.2 Å². The van der Waals surface area contributed by atoms with Gasteiger partial charge in [-0.25, -0.2) is 0 Å². The molecule has 0 radical (unpaired) electrons. The van der Waals surface area contributed by atoms with Crippen molar-refractivity contribution in [2.45, 2.75) is 51.1 Å². The Kier molecular flexibility index (Phi) is 4.14. The van der Waals surface area contributed by atoms with E-state index in [4.69, 9.17) is 0 Å². The maximum atomic E-state index is 12.4. The lowest BCUT2D eigenvalue weighted by atomic mass is 9.74. The van der Waals surface area contributed by atoms with Crippen molar-refractivity contribution in [2.75, 3.05) is 11.4 Å². The molecule has 4 rings (SSSR count). The van der Waals surface area contributed by atoms with Gasteiger partial charge in [-0.05, 0) is 34.8 Å². The molecule has 0 aromatic heterocycles. The normalized spacial score (nSPS) is 23.4. The molecular formula is C24H28N2O. The molecule has 3 heteroatoms. The summed E-state index contributed by atoms with van der Waals surface area (Å²) in [6, 6.07) is 17.2. The molecule has 2 aliphatic rings. The Bertz CT molecular complexity index is 895. The number of para-hydroxylation sites is 1. The highest BCUT2D eigenvalue weighted by molar-refractivity contribution is 5.84. The van der Waals surface area contributed by atoms with Crippen LogP contribution in [0, 0.1) is 0 Å². The van der Waals surface area contributed by atoms with Crippen molar-refractivity contribution in [1.82, 2.24) is 5.32 Å². The molecule has 0 aliphatic carbocycles. The predicted octanol–water partition coefficient (Wildman–Crippen LogP) is 4.84. The third-order valence-electron chi connectivity index (χ3n) is 6.26. The molecule has 0 spiro atoms. The lowest BCUT2D eigenvalue weighted by Gasteiger charge is -2.49. The van der Waals surface area contributed by atoms with Crippen molar-refractivity contribution in [3.63, 3.8) is 0 Å². The molecular weight excluding hydrogens is 332 g/mol. The fourth-order valence-electron chi connectivity index (χ4n) is 4.53. The van der Waals surface area contributed by atoms with Crippen LogP contribution in [0.5, 0.6) is 0 Å². The van der Waals surface area contributed by atoms with Crippen molar-refractivity contribution in [3.8, 4) is 0 Å². The van der Waals surface area contributed by atoms with Gasteiger partial charge in [0, 0.05) is 24.1 Å². The van der Waals surface area contributed by atoms with Gasteiger partial charge in [0.1, 0.15) is 5.66 Å². The fraction of sp³-hybridized carbons (Fsp3) is 0.375. The molecule has 1 atom stereocenters. The summed E-state index contributed by atoms with van der Waals surface area (Å²) in [7, 11) is 0. The SMILES string of the molecule is CC(C)c1ccc(/C=C/[C@@]23NC(=O)CCN2c2ccccc2C3(C)C)cc1. The van der Waals surface area contributed by atoms with E-state index in [2.05, 4.69) is 98.6 Å². The van der Waals surface area contributed by atoms with Crippen molar-refractivity contribution in [3.05, 3.63) is 71.3 Å². The second-order valence-corrected chi connectivity index (χ2v) is 8.51. The Morgan fingerprint density at radius 1 is 1.07 bits per heavy atom. The number of amides is 1. The van der Waals surface area contributed by atoms with Crippen LogP contribution in [0.3, 0.4) is 0 Å². The number of carbonyl (C=O) groups is 1. The van der Waals surface area contributed by atoms with Crippen LogP contribution in [-0.2, 0) is 10.2 Å². The van der Waals surface area contributed by atoms with Crippen molar-refractivity contribution >= 4 is 17.7 Å². The average Bonchev–Trinajstić information content (AvgIpc) is 2.85. The molecule has 1 saturated heterocycles. The van der Waals surface area contributed by atoms with E-state index >= 15 is 0 Å². The Morgan fingerprint density at radius 3 is 2.48 bits per heavy atom. The van der Waals surface area contributed by atoms with E-state index in [1.807, 2.05) is 0 Å². The van der Waals surface area contributed by atoms with Crippen molar-refractivity contribution < 1.29 is 4.79 Å². The van der Waals surface area contributed by atoms with Gasteiger partial charge in [0.25, 0.3) is 0 Å². The number of anilines is 1. The number of hydrogen-bond donors (Lipinski definition) is 1. The van der Waals surface area contributed by atoms with E-state index in [0.29, 0.717) is 12.3 Å². The molecule has 1 N–H and O–H groups in total. The minimum atomic E-state index is -0.539. The Labute approximate surface area is 162 Å². The summed E-state index contributed by atoms with van der Waals surface area (Å²) < 4.78 is 0. The number of hydrogen-bond acceptors (Lipinski definition) is 2. The molecule has 1 fully saturated rings. The molecule has 0 bridgehead atoms. The zero-order valence-electron chi connectivity index (χ0n) is 16.6. The van der Waals surface area contributed by atoms with Gasteiger partial charge in [0.05, 0.1) is 0 Å². The maximum Gasteiger partial charge on any atom is 0.223 e. The van der Waals surface area contributed by atoms with E-state index in [1.165, 1.54) is 16.8 Å². The zero-order chi connectivity index (χ0) is 19.2. The van der Waals surface area contributed by atoms with Gasteiger partial charge in [0.2, 0.25) is 5.91 Å². The number of rotatable bonds is 3. The summed E-state index contributed by atoms with van der Waals surface area (Å²) in [6.45, 7) is 9.60. The van der Waals surface area contributed by atoms with Crippen LogP contribution in [0.25, 0.3) is 6.08 Å². The molecule has 1 amide bonds. The summed E-state index contributed by atoms with van der Waals surface area (Å²) in [4.78, 5) is 14.8. The smallest absolute Gasteiger partial charge is 0.223 e. The molecule has 0 saturated carbocycles. The lowest BCUT2D eigenvalue weighted by molar-refractivity contribution is -0.124. The monoisotopic (exact) mass is 360 g/mol. The van der Waals surface area contributed by atoms with Gasteiger partial charge < -0.3 is 10.2 Å². The lowest BCUT2D eigenvalue weighted by Crippen LogP contribution is -2.68. The highest BCUT2D eigenvalue weighted by Crippen LogP contribution is 2.52. The molecule has 2 heterocycles. The van der Waals surface area contributed by atoms with Crippen LogP contribution < -0.4 is 10.2 Å². The van der Waals surface area contributed by atoms with Crippen LogP contribution in [0.2, 0.25) is 0 Å². The van der Waals surface area contributed by atoms with Crippen LogP contribution in [0.1, 0.15) is 56.7 Å². The van der Waals surface area contributed by atoms with Crippen LogP contribution >= 0.6 is 0 Å². The number of carbonyl (C=O) groups excluding carboxylic acids is 1. The molecule has 0 unspecified atom stereocenters. The molecule has 27 heavy (non-hydrogen) atoms. The first-order valence-electron chi connectivity index (χ1n) is 9.82. The van der Waals surface area contributed by atoms with Crippen LogP contribution in [0.4, 0.5) is 5.69 Å². The van der Waals surface area contributed by atoms with Gasteiger partial charge in [-0.3, -0.25) is 4.79 Å². The zero-order valence-corrected chi connectivity index (χ0v) is 16.6. The van der Waals surface area contributed by atoms with E-state index in [0.717, 1.165) is 12.1 Å². The average molecular weight is 361 g/mol. The first kappa shape index (κ1) is 17.8. The largest absolute Gasteiger partial charge is 0.344 e. The summed E-state index contributed by atoms with van der Waals surface area (Å²) in [5.74, 6) is 0.643. The van der Waals surface area contributed by atoms with Gasteiger partial charge in [-0.15, -0.1) is 0 Å². The number of fused-ring (bicyclic) bond motifs is 3. The van der Waals surface area contributed by atoms with Crippen molar-refractivity contribution in [2.24, 2.45) is 0 Å². The molecule has 2 aromatic carbocycles. The van der Waals surface area contributed by atoms with Crippen LogP contribution in [0.15, 0.2) is 54.6 Å². The molecule has 140 valence electrons. The second kappa shape index (κ2) is 6.26. The first-order valence-corrected chi connectivity index (χ1v) is 9.82. The Morgan fingerprint density at radius 2 is 1.78 bits per heavy atom. The standard InChI is InChI=1S/C24H28N2O/c1-17(2)19-11-9-18(10-12-19)13-15-24-23(3,4)20-7-5-6-8-21(20)26(24)16-14-22(27)25-24/h5-13,15,17H,14,16H2,1-4H3,(H,25,27)/b15-13+/t24-/m1/s1. The van der Waals surface area contributed by atoms with E-state index in [-0.39, 0.29) is 11.3 Å². The topological polar surface area (TPSA) is 32.3 Å². The Balaban J connectivity index is 1.77. The van der Waals surface area contributed by atoms with Crippen LogP contribution in [-0.4, -0.2) is 18.1 Å². The van der Waals surface area contributed by atoms with Gasteiger partial charge in [0.15, 0.2) is 0 Å². The molecule has 3 nitrogen and oxygen atoms in total. The fourth-order valence-corrected chi connectivity index (χ4v) is 4.53. The predicted molar refractivity (Wildman–Crippen MR) is 112 cm³/mol. The summed E-state index contributed by atoms with van der Waals surface area (Å²) in [5.41, 5.74) is 4.23. The van der Waals surface area contributed by atoms with E-state index < -0.39 is 5.66 Å².